The summed E-state index contributed by atoms with van der Waals surface area (Å²) in [5.74, 6) is 1.86. The summed E-state index contributed by atoms with van der Waals surface area (Å²) in [7, 11) is 4.11. The van der Waals surface area contributed by atoms with Crippen LogP contribution >= 0.6 is 12.2 Å². The van der Waals surface area contributed by atoms with Gasteiger partial charge in [0.05, 0.1) is 0 Å². The molecule has 0 spiro atoms. The Hall–Kier alpha value is -0.940. The minimum atomic E-state index is -0.0210. The van der Waals surface area contributed by atoms with Crippen molar-refractivity contribution in [2.75, 3.05) is 32.5 Å². The quantitative estimate of drug-likeness (QED) is 0.810. The van der Waals surface area contributed by atoms with Crippen LogP contribution in [0.4, 0.5) is 5.82 Å². The molecule has 0 atom stereocenters. The Morgan fingerprint density at radius 2 is 2.06 bits per heavy atom. The largest absolute Gasteiger partial charge is 0.370 e. The van der Waals surface area contributed by atoms with Crippen LogP contribution in [-0.4, -0.2) is 42.1 Å². The number of nitrogens with zero attached hydrogens (tertiary/aromatic N) is 2. The number of nitrogens with one attached hydrogen (secondary N) is 2. The molecule has 17 heavy (non-hydrogen) atoms. The summed E-state index contributed by atoms with van der Waals surface area (Å²) in [6.45, 7) is 8.21. The molecule has 5 heteroatoms. The van der Waals surface area contributed by atoms with Crippen LogP contribution in [0.25, 0.3) is 0 Å². The molecule has 1 aromatic heterocycles. The molecule has 0 saturated carbocycles. The van der Waals surface area contributed by atoms with E-state index in [0.29, 0.717) is 4.64 Å². The van der Waals surface area contributed by atoms with Gasteiger partial charge in [0.25, 0.3) is 0 Å². The third kappa shape index (κ3) is 4.83. The van der Waals surface area contributed by atoms with Crippen LogP contribution in [0.3, 0.4) is 0 Å². The van der Waals surface area contributed by atoms with Gasteiger partial charge in [0.1, 0.15) is 16.3 Å². The fraction of sp³-hybridized carbons (Fsp3) is 0.667. The van der Waals surface area contributed by atoms with E-state index in [1.807, 2.05) is 6.07 Å². The number of hydrogen-bond acceptors (Lipinski definition) is 4. The fourth-order valence-corrected chi connectivity index (χ4v) is 1.53. The first-order valence-electron chi connectivity index (χ1n) is 5.79. The molecule has 0 unspecified atom stereocenters. The van der Waals surface area contributed by atoms with E-state index in [4.69, 9.17) is 12.2 Å². The van der Waals surface area contributed by atoms with Gasteiger partial charge in [-0.1, -0.05) is 33.0 Å². The Morgan fingerprint density at radius 1 is 1.41 bits per heavy atom. The minimum absolute atomic E-state index is 0.0210. The van der Waals surface area contributed by atoms with Gasteiger partial charge in [0.2, 0.25) is 0 Å². The smallest absolute Gasteiger partial charge is 0.131 e. The first-order valence-corrected chi connectivity index (χ1v) is 6.20. The van der Waals surface area contributed by atoms with Crippen LogP contribution in [0.1, 0.15) is 26.6 Å². The van der Waals surface area contributed by atoms with Crippen molar-refractivity contribution < 1.29 is 0 Å². The number of anilines is 1. The SMILES string of the molecule is CN(C)CCNc1cc(=S)nc(C(C)(C)C)[nH]1. The molecule has 0 aliphatic rings. The van der Waals surface area contributed by atoms with Gasteiger partial charge in [0.15, 0.2) is 0 Å². The van der Waals surface area contributed by atoms with E-state index in [1.54, 1.807) is 0 Å². The van der Waals surface area contributed by atoms with E-state index >= 15 is 0 Å². The third-order valence-electron chi connectivity index (χ3n) is 2.33. The van der Waals surface area contributed by atoms with E-state index in [2.05, 4.69) is 55.1 Å². The molecule has 1 rings (SSSR count). The van der Waals surface area contributed by atoms with Crippen molar-refractivity contribution >= 4 is 18.0 Å². The van der Waals surface area contributed by atoms with Crippen LogP contribution in [0.5, 0.6) is 0 Å². The van der Waals surface area contributed by atoms with Crippen molar-refractivity contribution in [1.29, 1.82) is 0 Å². The lowest BCUT2D eigenvalue weighted by molar-refractivity contribution is 0.425. The van der Waals surface area contributed by atoms with E-state index in [0.717, 1.165) is 24.7 Å². The average Bonchev–Trinajstić information content (AvgIpc) is 2.14. The molecule has 0 saturated heterocycles. The standard InChI is InChI=1S/C12H22N4S/c1-12(2,3)11-14-9(8-10(17)15-11)13-6-7-16(4)5/h8H,6-7H2,1-5H3,(H2,13,14,15,17). The molecule has 0 aliphatic heterocycles. The maximum absolute atomic E-state index is 5.18. The molecular weight excluding hydrogens is 232 g/mol. The topological polar surface area (TPSA) is 44.0 Å². The number of hydrogen-bond donors (Lipinski definition) is 2. The summed E-state index contributed by atoms with van der Waals surface area (Å²) < 4.78 is 0.626. The van der Waals surface area contributed by atoms with Gasteiger partial charge in [-0.25, -0.2) is 4.98 Å². The molecule has 1 heterocycles. The summed E-state index contributed by atoms with van der Waals surface area (Å²) in [5, 5.41) is 3.33. The predicted octanol–water partition coefficient (Wildman–Crippen LogP) is 2.41. The normalized spacial score (nSPS) is 11.9. The van der Waals surface area contributed by atoms with Crippen LogP contribution in [0.15, 0.2) is 6.07 Å². The zero-order valence-corrected chi connectivity index (χ0v) is 12.1. The Kier molecular flexibility index (Phi) is 4.65. The average molecular weight is 254 g/mol. The number of aromatic nitrogens is 2. The predicted molar refractivity (Wildman–Crippen MR) is 75.2 cm³/mol. The van der Waals surface area contributed by atoms with Gasteiger partial charge in [-0.05, 0) is 14.1 Å². The molecule has 0 radical (unpaired) electrons. The summed E-state index contributed by atoms with van der Waals surface area (Å²) >= 11 is 5.18. The molecule has 0 aromatic carbocycles. The van der Waals surface area contributed by atoms with Crippen molar-refractivity contribution in [1.82, 2.24) is 14.9 Å². The van der Waals surface area contributed by atoms with E-state index < -0.39 is 0 Å². The van der Waals surface area contributed by atoms with Crippen LogP contribution < -0.4 is 5.32 Å². The highest BCUT2D eigenvalue weighted by Crippen LogP contribution is 2.19. The summed E-state index contributed by atoms with van der Waals surface area (Å²) in [5.41, 5.74) is -0.0210. The number of H-pyrrole nitrogens is 1. The van der Waals surface area contributed by atoms with E-state index in [1.165, 1.54) is 0 Å². The van der Waals surface area contributed by atoms with Crippen LogP contribution in [0, 0.1) is 4.64 Å². The zero-order chi connectivity index (χ0) is 13.1. The molecule has 0 bridgehead atoms. The summed E-state index contributed by atoms with van der Waals surface area (Å²) in [4.78, 5) is 9.78. The van der Waals surface area contributed by atoms with Crippen LogP contribution in [-0.2, 0) is 5.41 Å². The van der Waals surface area contributed by atoms with Gasteiger partial charge in [0, 0.05) is 24.6 Å². The molecular formula is C12H22N4S. The van der Waals surface area contributed by atoms with Gasteiger partial charge < -0.3 is 15.2 Å². The second-order valence-corrected chi connectivity index (χ2v) is 5.88. The molecule has 4 nitrogen and oxygen atoms in total. The van der Waals surface area contributed by atoms with Gasteiger partial charge in [-0.3, -0.25) is 0 Å². The highest BCUT2D eigenvalue weighted by atomic mass is 32.1. The number of aromatic amines is 1. The van der Waals surface area contributed by atoms with Gasteiger partial charge in [-0.15, -0.1) is 0 Å². The number of likely N-dealkylation sites (N-methyl/N-ethyl adjacent to an activating group) is 1. The zero-order valence-electron chi connectivity index (χ0n) is 11.3. The van der Waals surface area contributed by atoms with Crippen molar-refractivity contribution in [3.05, 3.63) is 16.5 Å². The Bertz CT molecular complexity index is 417. The molecule has 2 N–H and O–H groups in total. The lowest BCUT2D eigenvalue weighted by Gasteiger charge is -2.19. The molecule has 0 amide bonds. The highest BCUT2D eigenvalue weighted by molar-refractivity contribution is 7.71. The minimum Gasteiger partial charge on any atom is -0.370 e. The molecule has 0 aliphatic carbocycles. The van der Waals surface area contributed by atoms with Crippen molar-refractivity contribution in [2.24, 2.45) is 0 Å². The maximum atomic E-state index is 5.18. The highest BCUT2D eigenvalue weighted by Gasteiger charge is 2.16. The Morgan fingerprint density at radius 3 is 2.59 bits per heavy atom. The molecule has 1 aromatic rings. The van der Waals surface area contributed by atoms with Crippen molar-refractivity contribution in [3.63, 3.8) is 0 Å². The monoisotopic (exact) mass is 254 g/mol. The Balaban J connectivity index is 2.80. The number of rotatable bonds is 4. The summed E-state index contributed by atoms with van der Waals surface area (Å²) in [6.07, 6.45) is 0. The first kappa shape index (κ1) is 14.1. The van der Waals surface area contributed by atoms with Crippen LogP contribution in [0.2, 0.25) is 0 Å². The lowest BCUT2D eigenvalue weighted by atomic mass is 9.96. The third-order valence-corrected chi connectivity index (χ3v) is 2.54. The second kappa shape index (κ2) is 5.60. The van der Waals surface area contributed by atoms with Gasteiger partial charge >= 0.3 is 0 Å². The van der Waals surface area contributed by atoms with Gasteiger partial charge in [-0.2, -0.15) is 0 Å². The first-order chi connectivity index (χ1) is 7.79. The maximum Gasteiger partial charge on any atom is 0.131 e. The summed E-state index contributed by atoms with van der Waals surface area (Å²) in [6, 6.07) is 1.86. The fourth-order valence-electron chi connectivity index (χ4n) is 1.32. The lowest BCUT2D eigenvalue weighted by Crippen LogP contribution is -2.22. The van der Waals surface area contributed by atoms with Crippen molar-refractivity contribution in [2.45, 2.75) is 26.2 Å². The van der Waals surface area contributed by atoms with E-state index in [9.17, 15) is 0 Å². The molecule has 0 fully saturated rings. The molecule has 96 valence electrons. The second-order valence-electron chi connectivity index (χ2n) is 5.46. The Labute approximate surface area is 108 Å². The van der Waals surface area contributed by atoms with Crippen molar-refractivity contribution in [3.8, 4) is 0 Å². The van der Waals surface area contributed by atoms with E-state index in [-0.39, 0.29) is 5.41 Å².